The van der Waals surface area contributed by atoms with Gasteiger partial charge in [-0.3, -0.25) is 9.78 Å². The van der Waals surface area contributed by atoms with Crippen molar-refractivity contribution in [3.05, 3.63) is 24.0 Å². The fourth-order valence-corrected chi connectivity index (χ4v) is 1.46. The largest absolute Gasteiger partial charge is 0.492 e. The summed E-state index contributed by atoms with van der Waals surface area (Å²) < 4.78 is 5.50. The second kappa shape index (κ2) is 7.05. The zero-order chi connectivity index (χ0) is 12.7. The van der Waals surface area contributed by atoms with Crippen LogP contribution in [-0.2, 0) is 11.2 Å². The molecule has 3 heteroatoms. The Morgan fingerprint density at radius 2 is 2.18 bits per heavy atom. The number of pyridine rings is 1. The van der Waals surface area contributed by atoms with Crippen molar-refractivity contribution in [3.8, 4) is 5.75 Å². The fourth-order valence-electron chi connectivity index (χ4n) is 1.46. The molecule has 0 unspecified atom stereocenters. The molecule has 0 aliphatic heterocycles. The van der Waals surface area contributed by atoms with Crippen LogP contribution in [0.1, 0.15) is 39.2 Å². The summed E-state index contributed by atoms with van der Waals surface area (Å²) in [4.78, 5) is 15.6. The SMILES string of the molecule is CCCOc1cncc(CCC(=O)C(C)C)c1. The summed E-state index contributed by atoms with van der Waals surface area (Å²) >= 11 is 0. The monoisotopic (exact) mass is 235 g/mol. The molecular formula is C14H21NO2. The molecule has 0 bridgehead atoms. The average Bonchev–Trinajstić information content (AvgIpc) is 2.33. The van der Waals surface area contributed by atoms with Crippen LogP contribution in [0.5, 0.6) is 5.75 Å². The molecule has 17 heavy (non-hydrogen) atoms. The van der Waals surface area contributed by atoms with E-state index in [9.17, 15) is 4.79 Å². The first-order valence-electron chi connectivity index (χ1n) is 6.23. The molecule has 1 rings (SSSR count). The zero-order valence-electron chi connectivity index (χ0n) is 10.9. The predicted octanol–water partition coefficient (Wildman–Crippen LogP) is 3.03. The predicted molar refractivity (Wildman–Crippen MR) is 68.2 cm³/mol. The van der Waals surface area contributed by atoms with E-state index in [1.807, 2.05) is 19.9 Å². The van der Waals surface area contributed by atoms with Crippen molar-refractivity contribution in [1.82, 2.24) is 4.98 Å². The average molecular weight is 235 g/mol. The van der Waals surface area contributed by atoms with E-state index in [1.165, 1.54) is 0 Å². The van der Waals surface area contributed by atoms with Crippen LogP contribution in [0.4, 0.5) is 0 Å². The third-order valence-electron chi connectivity index (χ3n) is 2.55. The van der Waals surface area contributed by atoms with Gasteiger partial charge in [0.25, 0.3) is 0 Å². The number of hydrogen-bond acceptors (Lipinski definition) is 3. The van der Waals surface area contributed by atoms with Crippen molar-refractivity contribution in [2.24, 2.45) is 5.92 Å². The molecule has 0 saturated heterocycles. The minimum Gasteiger partial charge on any atom is -0.492 e. The lowest BCUT2D eigenvalue weighted by molar-refractivity contribution is -0.121. The standard InChI is InChI=1S/C14H21NO2/c1-4-7-17-13-8-12(9-15-10-13)5-6-14(16)11(2)3/h8-11H,4-7H2,1-3H3. The summed E-state index contributed by atoms with van der Waals surface area (Å²) in [6.07, 6.45) is 5.82. The maximum atomic E-state index is 11.5. The molecule has 0 fully saturated rings. The van der Waals surface area contributed by atoms with Gasteiger partial charge in [-0.2, -0.15) is 0 Å². The van der Waals surface area contributed by atoms with Crippen molar-refractivity contribution in [1.29, 1.82) is 0 Å². The number of rotatable bonds is 7. The maximum Gasteiger partial charge on any atom is 0.137 e. The Morgan fingerprint density at radius 3 is 2.82 bits per heavy atom. The van der Waals surface area contributed by atoms with Gasteiger partial charge in [0.05, 0.1) is 12.8 Å². The van der Waals surface area contributed by atoms with E-state index >= 15 is 0 Å². The van der Waals surface area contributed by atoms with Crippen LogP contribution >= 0.6 is 0 Å². The number of Topliss-reactive ketones (excluding diaryl/α,β-unsaturated/α-hetero) is 1. The van der Waals surface area contributed by atoms with E-state index in [1.54, 1.807) is 12.4 Å². The van der Waals surface area contributed by atoms with Gasteiger partial charge >= 0.3 is 0 Å². The van der Waals surface area contributed by atoms with Crippen LogP contribution in [0.2, 0.25) is 0 Å². The van der Waals surface area contributed by atoms with E-state index in [0.717, 1.165) is 24.2 Å². The van der Waals surface area contributed by atoms with E-state index < -0.39 is 0 Å². The van der Waals surface area contributed by atoms with Crippen LogP contribution in [-0.4, -0.2) is 17.4 Å². The Morgan fingerprint density at radius 1 is 1.41 bits per heavy atom. The lowest BCUT2D eigenvalue weighted by Gasteiger charge is -2.07. The Balaban J connectivity index is 2.51. The topological polar surface area (TPSA) is 39.2 Å². The lowest BCUT2D eigenvalue weighted by Crippen LogP contribution is -2.08. The highest BCUT2D eigenvalue weighted by Gasteiger charge is 2.07. The number of aryl methyl sites for hydroxylation is 1. The summed E-state index contributed by atoms with van der Waals surface area (Å²) in [5, 5.41) is 0. The van der Waals surface area contributed by atoms with Gasteiger partial charge < -0.3 is 4.74 Å². The third kappa shape index (κ3) is 4.98. The van der Waals surface area contributed by atoms with E-state index in [-0.39, 0.29) is 5.92 Å². The van der Waals surface area contributed by atoms with Crippen LogP contribution in [0.25, 0.3) is 0 Å². The molecule has 1 aromatic heterocycles. The quantitative estimate of drug-likeness (QED) is 0.729. The molecule has 0 saturated carbocycles. The number of ether oxygens (including phenoxy) is 1. The number of aromatic nitrogens is 1. The molecule has 0 aliphatic rings. The Bertz CT molecular complexity index is 361. The van der Waals surface area contributed by atoms with E-state index in [0.29, 0.717) is 18.8 Å². The van der Waals surface area contributed by atoms with Gasteiger partial charge in [0.15, 0.2) is 0 Å². The van der Waals surface area contributed by atoms with Crippen LogP contribution < -0.4 is 4.74 Å². The highest BCUT2D eigenvalue weighted by Crippen LogP contribution is 2.14. The van der Waals surface area contributed by atoms with E-state index in [2.05, 4.69) is 11.9 Å². The normalized spacial score (nSPS) is 10.6. The van der Waals surface area contributed by atoms with Gasteiger partial charge in [0.1, 0.15) is 11.5 Å². The zero-order valence-corrected chi connectivity index (χ0v) is 10.9. The summed E-state index contributed by atoms with van der Waals surface area (Å²) in [6.45, 7) is 6.64. The van der Waals surface area contributed by atoms with Gasteiger partial charge in [0, 0.05) is 18.5 Å². The molecule has 0 atom stereocenters. The summed E-state index contributed by atoms with van der Waals surface area (Å²) in [5.41, 5.74) is 1.06. The minimum absolute atomic E-state index is 0.113. The van der Waals surface area contributed by atoms with E-state index in [4.69, 9.17) is 4.74 Å². The smallest absolute Gasteiger partial charge is 0.137 e. The number of carbonyl (C=O) groups is 1. The van der Waals surface area contributed by atoms with Crippen molar-refractivity contribution in [2.75, 3.05) is 6.61 Å². The highest BCUT2D eigenvalue weighted by molar-refractivity contribution is 5.80. The van der Waals surface area contributed by atoms with Crippen LogP contribution in [0.3, 0.4) is 0 Å². The van der Waals surface area contributed by atoms with Gasteiger partial charge in [-0.15, -0.1) is 0 Å². The maximum absolute atomic E-state index is 11.5. The first-order chi connectivity index (χ1) is 8.13. The van der Waals surface area contributed by atoms with Crippen molar-refractivity contribution < 1.29 is 9.53 Å². The summed E-state index contributed by atoms with van der Waals surface area (Å²) in [7, 11) is 0. The molecule has 0 radical (unpaired) electrons. The van der Waals surface area contributed by atoms with Gasteiger partial charge in [-0.05, 0) is 24.5 Å². The fraction of sp³-hybridized carbons (Fsp3) is 0.571. The van der Waals surface area contributed by atoms with Crippen LogP contribution in [0, 0.1) is 5.92 Å². The molecule has 0 amide bonds. The van der Waals surface area contributed by atoms with Gasteiger partial charge in [0.2, 0.25) is 0 Å². The van der Waals surface area contributed by atoms with Gasteiger partial charge in [-0.1, -0.05) is 20.8 Å². The Kier molecular flexibility index (Phi) is 5.67. The van der Waals surface area contributed by atoms with Crippen molar-refractivity contribution in [3.63, 3.8) is 0 Å². The van der Waals surface area contributed by atoms with Gasteiger partial charge in [-0.25, -0.2) is 0 Å². The number of ketones is 1. The molecule has 0 aromatic carbocycles. The second-order valence-corrected chi connectivity index (χ2v) is 4.50. The number of hydrogen-bond donors (Lipinski definition) is 0. The molecule has 0 spiro atoms. The number of carbonyl (C=O) groups excluding carboxylic acids is 1. The first kappa shape index (κ1) is 13.7. The van der Waals surface area contributed by atoms with Crippen LogP contribution in [0.15, 0.2) is 18.5 Å². The van der Waals surface area contributed by atoms with Crippen molar-refractivity contribution in [2.45, 2.75) is 40.0 Å². The second-order valence-electron chi connectivity index (χ2n) is 4.50. The van der Waals surface area contributed by atoms with Crippen molar-refractivity contribution >= 4 is 5.78 Å². The summed E-state index contributed by atoms with van der Waals surface area (Å²) in [6, 6.07) is 1.97. The Hall–Kier alpha value is -1.38. The lowest BCUT2D eigenvalue weighted by atomic mass is 10.0. The molecular weight excluding hydrogens is 214 g/mol. The molecule has 3 nitrogen and oxygen atoms in total. The first-order valence-corrected chi connectivity index (χ1v) is 6.23. The molecule has 0 aliphatic carbocycles. The molecule has 1 aromatic rings. The summed E-state index contributed by atoms with van der Waals surface area (Å²) in [5.74, 6) is 1.20. The highest BCUT2D eigenvalue weighted by atomic mass is 16.5. The number of nitrogens with zero attached hydrogens (tertiary/aromatic N) is 1. The molecule has 94 valence electrons. The Labute approximate surface area is 103 Å². The third-order valence-corrected chi connectivity index (χ3v) is 2.55. The molecule has 1 heterocycles. The minimum atomic E-state index is 0.113. The molecule has 0 N–H and O–H groups in total.